The van der Waals surface area contributed by atoms with Crippen molar-refractivity contribution in [3.63, 3.8) is 0 Å². The van der Waals surface area contributed by atoms with Gasteiger partial charge in [0.15, 0.2) is 5.96 Å². The number of hydrogen-bond acceptors (Lipinski definition) is 3. The topological polar surface area (TPSA) is 93.7 Å². The summed E-state index contributed by atoms with van der Waals surface area (Å²) in [5.41, 5.74) is 5.41. The van der Waals surface area contributed by atoms with Gasteiger partial charge in [0.25, 0.3) is 0 Å². The number of nitrogens with one attached hydrogen (secondary N) is 1. The lowest BCUT2D eigenvalue weighted by molar-refractivity contribution is -0.138. The number of nitrogens with zero attached hydrogens (tertiary/aromatic N) is 2. The van der Waals surface area contributed by atoms with Crippen molar-refractivity contribution in [2.24, 2.45) is 5.73 Å². The molecule has 0 unspecified atom stereocenters. The monoisotopic (exact) mass is 228 g/mol. The van der Waals surface area contributed by atoms with Crippen molar-refractivity contribution in [3.05, 3.63) is 0 Å². The maximum absolute atomic E-state index is 10.5. The Morgan fingerprint density at radius 2 is 2.19 bits per heavy atom. The van der Waals surface area contributed by atoms with Crippen molar-refractivity contribution in [1.29, 1.82) is 5.41 Å². The molecule has 16 heavy (non-hydrogen) atoms. The number of carboxylic acids is 1. The highest BCUT2D eigenvalue weighted by molar-refractivity contribution is 5.78. The molecule has 1 rings (SSSR count). The molecule has 1 aliphatic heterocycles. The lowest BCUT2D eigenvalue weighted by atomic mass is 10.1. The molecule has 0 amide bonds. The molecule has 6 heteroatoms. The number of likely N-dealkylation sites (N-methyl/N-ethyl adjacent to an activating group) is 1. The fraction of sp³-hybridized carbons (Fsp3) is 0.800. The Bertz CT molecular complexity index is 270. The fourth-order valence-electron chi connectivity index (χ4n) is 1.80. The van der Waals surface area contributed by atoms with E-state index in [1.54, 1.807) is 0 Å². The van der Waals surface area contributed by atoms with E-state index < -0.39 is 12.0 Å². The van der Waals surface area contributed by atoms with Crippen molar-refractivity contribution in [2.45, 2.75) is 25.8 Å². The molecule has 1 heterocycles. The van der Waals surface area contributed by atoms with Crippen molar-refractivity contribution in [3.8, 4) is 0 Å². The second-order valence-corrected chi connectivity index (χ2v) is 3.98. The maximum atomic E-state index is 10.5. The summed E-state index contributed by atoms with van der Waals surface area (Å²) in [5.74, 6) is -0.405. The van der Waals surface area contributed by atoms with Gasteiger partial charge in [-0.25, -0.2) is 0 Å². The van der Waals surface area contributed by atoms with Crippen LogP contribution in [0.15, 0.2) is 0 Å². The summed E-state index contributed by atoms with van der Waals surface area (Å²) >= 11 is 0. The minimum absolute atomic E-state index is 0.464. The molecular weight excluding hydrogens is 208 g/mol. The van der Waals surface area contributed by atoms with Gasteiger partial charge in [0, 0.05) is 26.2 Å². The number of guanidine groups is 1. The molecule has 0 aromatic rings. The summed E-state index contributed by atoms with van der Waals surface area (Å²) in [5, 5.41) is 16.5. The van der Waals surface area contributed by atoms with Gasteiger partial charge in [0.2, 0.25) is 0 Å². The molecule has 0 radical (unpaired) electrons. The first-order valence-corrected chi connectivity index (χ1v) is 5.63. The number of rotatable bonds is 6. The van der Waals surface area contributed by atoms with E-state index in [-0.39, 0.29) is 0 Å². The van der Waals surface area contributed by atoms with E-state index in [1.807, 2.05) is 16.7 Å². The van der Waals surface area contributed by atoms with Crippen molar-refractivity contribution in [1.82, 2.24) is 9.80 Å². The Balaban J connectivity index is 2.24. The van der Waals surface area contributed by atoms with E-state index in [0.29, 0.717) is 18.8 Å². The molecule has 1 saturated heterocycles. The number of carboxylic acid groups (broad SMARTS) is 1. The molecule has 1 aliphatic rings. The smallest absolute Gasteiger partial charge is 0.320 e. The Morgan fingerprint density at radius 3 is 2.69 bits per heavy atom. The molecular formula is C10H20N4O2. The predicted molar refractivity (Wildman–Crippen MR) is 61.4 cm³/mol. The van der Waals surface area contributed by atoms with Gasteiger partial charge >= 0.3 is 5.97 Å². The summed E-state index contributed by atoms with van der Waals surface area (Å²) in [6, 6.07) is -0.779. The Kier molecular flexibility index (Phi) is 4.54. The zero-order valence-corrected chi connectivity index (χ0v) is 9.65. The summed E-state index contributed by atoms with van der Waals surface area (Å²) in [7, 11) is 0. The van der Waals surface area contributed by atoms with E-state index in [1.165, 1.54) is 0 Å². The van der Waals surface area contributed by atoms with Crippen LogP contribution < -0.4 is 5.73 Å². The van der Waals surface area contributed by atoms with Crippen LogP contribution in [0, 0.1) is 5.41 Å². The number of hydrogen-bond donors (Lipinski definition) is 3. The van der Waals surface area contributed by atoms with E-state index in [9.17, 15) is 4.79 Å². The predicted octanol–water partition coefficient (Wildman–Crippen LogP) is -0.249. The first kappa shape index (κ1) is 12.8. The average molecular weight is 228 g/mol. The van der Waals surface area contributed by atoms with Crippen LogP contribution in [-0.2, 0) is 4.79 Å². The van der Waals surface area contributed by atoms with E-state index in [4.69, 9.17) is 16.2 Å². The van der Waals surface area contributed by atoms with Crippen molar-refractivity contribution < 1.29 is 9.90 Å². The number of aliphatic carboxylic acids is 1. The van der Waals surface area contributed by atoms with Crippen LogP contribution in [-0.4, -0.2) is 59.1 Å². The van der Waals surface area contributed by atoms with Gasteiger partial charge < -0.3 is 20.6 Å². The average Bonchev–Trinajstić information content (AvgIpc) is 2.59. The second kappa shape index (κ2) is 5.69. The molecule has 1 fully saturated rings. The van der Waals surface area contributed by atoms with Gasteiger partial charge in [0.05, 0.1) is 0 Å². The molecule has 1 atom stereocenters. The highest BCUT2D eigenvalue weighted by Crippen LogP contribution is 2.08. The highest BCUT2D eigenvalue weighted by Gasteiger charge is 2.23. The normalized spacial score (nSPS) is 18.0. The number of nitrogens with two attached hydrogens (primary N) is 1. The SMILES string of the molecule is CCN1CCN(CCC[C@H](N)C(=O)O)C1=N. The van der Waals surface area contributed by atoms with Crippen LogP contribution in [0.5, 0.6) is 0 Å². The summed E-state index contributed by atoms with van der Waals surface area (Å²) in [6.07, 6.45) is 1.18. The zero-order chi connectivity index (χ0) is 12.1. The summed E-state index contributed by atoms with van der Waals surface area (Å²) in [6.45, 7) is 5.34. The third-order valence-corrected chi connectivity index (χ3v) is 2.88. The van der Waals surface area contributed by atoms with Crippen LogP contribution >= 0.6 is 0 Å². The fourth-order valence-corrected chi connectivity index (χ4v) is 1.80. The third-order valence-electron chi connectivity index (χ3n) is 2.88. The molecule has 4 N–H and O–H groups in total. The molecule has 0 saturated carbocycles. The van der Waals surface area contributed by atoms with Gasteiger partial charge in [-0.05, 0) is 19.8 Å². The van der Waals surface area contributed by atoms with Gasteiger partial charge in [-0.1, -0.05) is 0 Å². The van der Waals surface area contributed by atoms with Gasteiger partial charge in [-0.15, -0.1) is 0 Å². The van der Waals surface area contributed by atoms with E-state index in [0.717, 1.165) is 26.2 Å². The molecule has 92 valence electrons. The van der Waals surface area contributed by atoms with Crippen LogP contribution in [0.3, 0.4) is 0 Å². The van der Waals surface area contributed by atoms with Crippen molar-refractivity contribution in [2.75, 3.05) is 26.2 Å². The number of carbonyl (C=O) groups is 1. The lowest BCUT2D eigenvalue weighted by Gasteiger charge is -2.20. The first-order chi connectivity index (χ1) is 7.56. The first-order valence-electron chi connectivity index (χ1n) is 5.63. The standard InChI is InChI=1S/C10H20N4O2/c1-2-13-6-7-14(10(13)12)5-3-4-8(11)9(15)16/h8,12H,2-7,11H2,1H3,(H,15,16)/t8-/m0/s1. The van der Waals surface area contributed by atoms with Crippen LogP contribution in [0.2, 0.25) is 0 Å². The van der Waals surface area contributed by atoms with Gasteiger partial charge in [0.1, 0.15) is 6.04 Å². The molecule has 0 aromatic carbocycles. The largest absolute Gasteiger partial charge is 0.480 e. The maximum Gasteiger partial charge on any atom is 0.320 e. The van der Waals surface area contributed by atoms with Crippen LogP contribution in [0.25, 0.3) is 0 Å². The summed E-state index contributed by atoms with van der Waals surface area (Å²) < 4.78 is 0. The van der Waals surface area contributed by atoms with Crippen molar-refractivity contribution >= 4 is 11.9 Å². The lowest BCUT2D eigenvalue weighted by Crippen LogP contribution is -2.35. The molecule has 0 bridgehead atoms. The second-order valence-electron chi connectivity index (χ2n) is 3.98. The van der Waals surface area contributed by atoms with E-state index >= 15 is 0 Å². The minimum Gasteiger partial charge on any atom is -0.480 e. The Morgan fingerprint density at radius 1 is 1.56 bits per heavy atom. The third kappa shape index (κ3) is 3.10. The minimum atomic E-state index is -0.952. The Hall–Kier alpha value is -1.30. The zero-order valence-electron chi connectivity index (χ0n) is 9.65. The molecule has 6 nitrogen and oxygen atoms in total. The summed E-state index contributed by atoms with van der Waals surface area (Å²) in [4.78, 5) is 14.5. The molecule has 0 aromatic heterocycles. The van der Waals surface area contributed by atoms with Gasteiger partial charge in [-0.3, -0.25) is 10.2 Å². The molecule has 0 spiro atoms. The van der Waals surface area contributed by atoms with Gasteiger partial charge in [-0.2, -0.15) is 0 Å². The van der Waals surface area contributed by atoms with Crippen LogP contribution in [0.4, 0.5) is 0 Å². The van der Waals surface area contributed by atoms with E-state index in [2.05, 4.69) is 0 Å². The van der Waals surface area contributed by atoms with Crippen LogP contribution in [0.1, 0.15) is 19.8 Å². The molecule has 0 aliphatic carbocycles. The highest BCUT2D eigenvalue weighted by atomic mass is 16.4. The Labute approximate surface area is 95.5 Å². The quantitative estimate of drug-likeness (QED) is 0.583.